The molecule has 0 spiro atoms. The smallest absolute Gasteiger partial charge is 0.346 e. The number of pyridine rings is 1. The molecule has 1 aromatic heterocycles. The summed E-state index contributed by atoms with van der Waals surface area (Å²) in [6.45, 7) is 0. The molecule has 1 heterocycles. The molecule has 0 N–H and O–H groups in total. The number of halogens is 4. The second kappa shape index (κ2) is 5.97. The average molecular weight is 337 g/mol. The van der Waals surface area contributed by atoms with E-state index in [1.165, 1.54) is 24.4 Å². The first kappa shape index (κ1) is 14.4. The van der Waals surface area contributed by atoms with Gasteiger partial charge >= 0.3 is 5.97 Å². The van der Waals surface area contributed by atoms with Crippen molar-refractivity contribution in [2.45, 2.75) is 0 Å². The molecule has 0 amide bonds. The Balaban J connectivity index is 2.32. The molecule has 0 saturated carbocycles. The summed E-state index contributed by atoms with van der Waals surface area (Å²) in [5.74, 6) is -0.679. The molecule has 0 aliphatic rings. The van der Waals surface area contributed by atoms with Gasteiger partial charge in [0.15, 0.2) is 5.75 Å². The summed E-state index contributed by atoms with van der Waals surface area (Å²) in [6.07, 6.45) is 1.46. The number of nitrogens with zero attached hydrogens (tertiary/aromatic N) is 1. The number of aromatic nitrogens is 1. The van der Waals surface area contributed by atoms with Gasteiger partial charge in [-0.25, -0.2) is 9.78 Å². The predicted molar refractivity (Wildman–Crippen MR) is 75.7 cm³/mol. The lowest BCUT2D eigenvalue weighted by molar-refractivity contribution is 0.0734. The van der Waals surface area contributed by atoms with E-state index in [-0.39, 0.29) is 26.5 Å². The largest absolute Gasteiger partial charge is 0.420 e. The van der Waals surface area contributed by atoms with E-state index in [4.69, 9.17) is 51.1 Å². The number of ether oxygens (including phenoxy) is 1. The van der Waals surface area contributed by atoms with Crippen LogP contribution in [-0.2, 0) is 0 Å². The maximum absolute atomic E-state index is 11.9. The third kappa shape index (κ3) is 3.31. The zero-order valence-electron chi connectivity index (χ0n) is 9.16. The highest BCUT2D eigenvalue weighted by molar-refractivity contribution is 6.40. The first-order chi connectivity index (χ1) is 8.99. The van der Waals surface area contributed by atoms with Crippen LogP contribution in [-0.4, -0.2) is 11.0 Å². The molecule has 7 heteroatoms. The van der Waals surface area contributed by atoms with Crippen molar-refractivity contribution < 1.29 is 9.53 Å². The number of esters is 1. The number of carbonyl (C=O) groups excluding carboxylic acids is 1. The van der Waals surface area contributed by atoms with Gasteiger partial charge in [0, 0.05) is 11.2 Å². The van der Waals surface area contributed by atoms with Gasteiger partial charge in [0.25, 0.3) is 0 Å². The first-order valence-corrected chi connectivity index (χ1v) is 6.47. The van der Waals surface area contributed by atoms with Crippen molar-refractivity contribution in [3.8, 4) is 5.75 Å². The average Bonchev–Trinajstić information content (AvgIpc) is 2.34. The van der Waals surface area contributed by atoms with Gasteiger partial charge in [0.05, 0.1) is 15.6 Å². The SMILES string of the molecule is O=C(Oc1c(Cl)cc(Cl)cc1Cl)c1cccnc1Cl. The number of hydrogen-bond acceptors (Lipinski definition) is 3. The van der Waals surface area contributed by atoms with E-state index in [9.17, 15) is 4.79 Å². The molecular formula is C12H5Cl4NO2. The van der Waals surface area contributed by atoms with Crippen LogP contribution in [0, 0.1) is 0 Å². The Morgan fingerprint density at radius 2 is 1.74 bits per heavy atom. The zero-order valence-corrected chi connectivity index (χ0v) is 12.2. The quantitative estimate of drug-likeness (QED) is 0.444. The van der Waals surface area contributed by atoms with Crippen LogP contribution in [0.1, 0.15) is 10.4 Å². The minimum absolute atomic E-state index is 0.0256. The van der Waals surface area contributed by atoms with Crippen molar-refractivity contribution >= 4 is 52.4 Å². The Morgan fingerprint density at radius 3 is 2.32 bits per heavy atom. The number of carbonyl (C=O) groups is 1. The van der Waals surface area contributed by atoms with Gasteiger partial charge in [-0.15, -0.1) is 0 Å². The summed E-state index contributed by atoms with van der Waals surface area (Å²) in [5, 5.41) is 0.639. The molecular weight excluding hydrogens is 332 g/mol. The fourth-order valence-corrected chi connectivity index (χ4v) is 2.40. The van der Waals surface area contributed by atoms with Gasteiger partial charge in [-0.3, -0.25) is 0 Å². The van der Waals surface area contributed by atoms with Crippen LogP contribution in [0.2, 0.25) is 20.2 Å². The monoisotopic (exact) mass is 335 g/mol. The molecule has 3 nitrogen and oxygen atoms in total. The molecule has 0 unspecified atom stereocenters. The summed E-state index contributed by atoms with van der Waals surface area (Å²) < 4.78 is 5.11. The van der Waals surface area contributed by atoms with E-state index in [0.29, 0.717) is 5.02 Å². The summed E-state index contributed by atoms with van der Waals surface area (Å²) in [4.78, 5) is 15.7. The molecule has 1 aromatic carbocycles. The lowest BCUT2D eigenvalue weighted by Gasteiger charge is -2.09. The van der Waals surface area contributed by atoms with Crippen LogP contribution in [0.15, 0.2) is 30.5 Å². The van der Waals surface area contributed by atoms with E-state index < -0.39 is 5.97 Å². The Hall–Kier alpha value is -1.00. The Labute approximate surface area is 129 Å². The van der Waals surface area contributed by atoms with Crippen LogP contribution in [0.3, 0.4) is 0 Å². The second-order valence-corrected chi connectivity index (χ2v) is 5.04. The first-order valence-electron chi connectivity index (χ1n) is 4.96. The Bertz CT molecular complexity index is 622. The van der Waals surface area contributed by atoms with Crippen LogP contribution < -0.4 is 4.74 Å². The van der Waals surface area contributed by atoms with Gasteiger partial charge in [0.1, 0.15) is 5.15 Å². The second-order valence-electron chi connectivity index (χ2n) is 3.43. The standard InChI is InChI=1S/C12H5Cl4NO2/c13-6-4-8(14)10(9(15)5-6)19-12(18)7-2-1-3-17-11(7)16/h1-5H. The molecule has 0 atom stereocenters. The molecule has 0 aliphatic carbocycles. The van der Waals surface area contributed by atoms with Crippen molar-refractivity contribution in [3.63, 3.8) is 0 Å². The van der Waals surface area contributed by atoms with E-state index >= 15 is 0 Å². The van der Waals surface area contributed by atoms with Gasteiger partial charge in [-0.05, 0) is 24.3 Å². The summed E-state index contributed by atoms with van der Waals surface area (Å²) in [7, 11) is 0. The maximum atomic E-state index is 11.9. The van der Waals surface area contributed by atoms with E-state index in [2.05, 4.69) is 4.98 Å². The highest BCUT2D eigenvalue weighted by Gasteiger charge is 2.17. The summed E-state index contributed by atoms with van der Waals surface area (Å²) >= 11 is 23.4. The minimum atomic E-state index is -0.704. The van der Waals surface area contributed by atoms with E-state index in [1.54, 1.807) is 6.07 Å². The summed E-state index contributed by atoms with van der Waals surface area (Å²) in [6, 6.07) is 5.88. The van der Waals surface area contributed by atoms with Crippen LogP contribution >= 0.6 is 46.4 Å². The minimum Gasteiger partial charge on any atom is -0.420 e. The van der Waals surface area contributed by atoms with Crippen LogP contribution in [0.25, 0.3) is 0 Å². The van der Waals surface area contributed by atoms with Gasteiger partial charge in [-0.2, -0.15) is 0 Å². The molecule has 2 aromatic rings. The van der Waals surface area contributed by atoms with E-state index in [0.717, 1.165) is 0 Å². The fourth-order valence-electron chi connectivity index (χ4n) is 1.31. The van der Waals surface area contributed by atoms with Crippen LogP contribution in [0.5, 0.6) is 5.75 Å². The van der Waals surface area contributed by atoms with Crippen molar-refractivity contribution in [3.05, 3.63) is 56.2 Å². The number of benzene rings is 1. The lowest BCUT2D eigenvalue weighted by Crippen LogP contribution is -2.10. The Morgan fingerprint density at radius 1 is 1.11 bits per heavy atom. The molecule has 0 bridgehead atoms. The predicted octanol–water partition coefficient (Wildman–Crippen LogP) is 4.91. The zero-order chi connectivity index (χ0) is 14.0. The van der Waals surface area contributed by atoms with Crippen LogP contribution in [0.4, 0.5) is 0 Å². The highest BCUT2D eigenvalue weighted by atomic mass is 35.5. The van der Waals surface area contributed by atoms with Crippen molar-refractivity contribution in [2.75, 3.05) is 0 Å². The molecule has 0 fully saturated rings. The Kier molecular flexibility index (Phi) is 4.53. The molecule has 2 rings (SSSR count). The van der Waals surface area contributed by atoms with Crippen molar-refractivity contribution in [2.24, 2.45) is 0 Å². The van der Waals surface area contributed by atoms with Crippen molar-refractivity contribution in [1.82, 2.24) is 4.98 Å². The maximum Gasteiger partial charge on any atom is 0.346 e. The van der Waals surface area contributed by atoms with Gasteiger partial charge in [0.2, 0.25) is 0 Å². The van der Waals surface area contributed by atoms with E-state index in [1.807, 2.05) is 0 Å². The molecule has 0 aliphatic heterocycles. The number of rotatable bonds is 2. The third-order valence-electron chi connectivity index (χ3n) is 2.14. The molecule has 98 valence electrons. The lowest BCUT2D eigenvalue weighted by atomic mass is 10.3. The van der Waals surface area contributed by atoms with Crippen molar-refractivity contribution in [1.29, 1.82) is 0 Å². The number of hydrogen-bond donors (Lipinski definition) is 0. The third-order valence-corrected chi connectivity index (χ3v) is 3.22. The molecule has 0 saturated heterocycles. The molecule has 19 heavy (non-hydrogen) atoms. The highest BCUT2D eigenvalue weighted by Crippen LogP contribution is 2.36. The normalized spacial score (nSPS) is 10.3. The summed E-state index contributed by atoms with van der Waals surface area (Å²) in [5.41, 5.74) is 0.117. The molecule has 0 radical (unpaired) electrons. The van der Waals surface area contributed by atoms with Gasteiger partial charge < -0.3 is 4.74 Å². The van der Waals surface area contributed by atoms with Gasteiger partial charge in [-0.1, -0.05) is 46.4 Å². The topological polar surface area (TPSA) is 39.2 Å². The fraction of sp³-hybridized carbons (Fsp3) is 0.